The summed E-state index contributed by atoms with van der Waals surface area (Å²) in [6, 6.07) is 11.5. The van der Waals surface area contributed by atoms with Crippen LogP contribution in [0.3, 0.4) is 0 Å². The summed E-state index contributed by atoms with van der Waals surface area (Å²) in [6.45, 7) is 6.28. The number of aliphatic hydroxyl groups is 1. The second-order valence-corrected chi connectivity index (χ2v) is 5.61. The van der Waals surface area contributed by atoms with Crippen LogP contribution in [0.2, 0.25) is 5.02 Å². The molecule has 0 radical (unpaired) electrons. The molecule has 3 heteroatoms. The lowest BCUT2D eigenvalue weighted by atomic mass is 10.0. The SMILES string of the molecule is Cc1ccc(C(C)C)cc1Oc1ccc(CO)cc1Cl. The molecular formula is C17H19ClO2. The van der Waals surface area contributed by atoms with Gasteiger partial charge in [0.1, 0.15) is 11.5 Å². The molecule has 0 bridgehead atoms. The minimum atomic E-state index is -0.0259. The standard InChI is InChI=1S/C17H19ClO2/c1-11(2)14-6-4-12(3)17(9-14)20-16-7-5-13(10-19)8-15(16)18/h4-9,11,19H,10H2,1-3H3. The van der Waals surface area contributed by atoms with E-state index in [1.807, 2.05) is 13.0 Å². The van der Waals surface area contributed by atoms with Crippen molar-refractivity contribution < 1.29 is 9.84 Å². The smallest absolute Gasteiger partial charge is 0.146 e. The zero-order chi connectivity index (χ0) is 14.7. The fourth-order valence-electron chi connectivity index (χ4n) is 1.93. The van der Waals surface area contributed by atoms with Gasteiger partial charge in [0, 0.05) is 0 Å². The maximum absolute atomic E-state index is 9.08. The Morgan fingerprint density at radius 3 is 2.45 bits per heavy atom. The molecule has 106 valence electrons. The van der Waals surface area contributed by atoms with Crippen molar-refractivity contribution in [3.63, 3.8) is 0 Å². The summed E-state index contributed by atoms with van der Waals surface area (Å²) in [7, 11) is 0. The summed E-state index contributed by atoms with van der Waals surface area (Å²) in [5.41, 5.74) is 3.07. The lowest BCUT2D eigenvalue weighted by Gasteiger charge is -2.13. The Balaban J connectivity index is 2.32. The van der Waals surface area contributed by atoms with Gasteiger partial charge in [-0.2, -0.15) is 0 Å². The van der Waals surface area contributed by atoms with Gasteiger partial charge in [-0.15, -0.1) is 0 Å². The van der Waals surface area contributed by atoms with Gasteiger partial charge in [0.05, 0.1) is 11.6 Å². The molecule has 0 amide bonds. The van der Waals surface area contributed by atoms with E-state index < -0.39 is 0 Å². The second kappa shape index (κ2) is 6.29. The van der Waals surface area contributed by atoms with E-state index in [0.29, 0.717) is 16.7 Å². The van der Waals surface area contributed by atoms with E-state index in [-0.39, 0.29) is 6.61 Å². The van der Waals surface area contributed by atoms with Gasteiger partial charge in [-0.05, 0) is 47.7 Å². The van der Waals surface area contributed by atoms with Gasteiger partial charge in [0.15, 0.2) is 0 Å². The Morgan fingerprint density at radius 1 is 1.10 bits per heavy atom. The van der Waals surface area contributed by atoms with Crippen molar-refractivity contribution in [3.05, 3.63) is 58.1 Å². The summed E-state index contributed by atoms with van der Waals surface area (Å²) in [6.07, 6.45) is 0. The minimum Gasteiger partial charge on any atom is -0.456 e. The predicted octanol–water partition coefficient (Wildman–Crippen LogP) is 5.06. The highest BCUT2D eigenvalue weighted by Gasteiger charge is 2.09. The molecule has 0 aliphatic carbocycles. The maximum Gasteiger partial charge on any atom is 0.146 e. The molecule has 0 unspecified atom stereocenters. The first-order valence-corrected chi connectivity index (χ1v) is 7.06. The van der Waals surface area contributed by atoms with Gasteiger partial charge >= 0.3 is 0 Å². The Bertz CT molecular complexity index is 606. The van der Waals surface area contributed by atoms with E-state index in [0.717, 1.165) is 16.9 Å². The van der Waals surface area contributed by atoms with Crippen molar-refractivity contribution in [2.75, 3.05) is 0 Å². The number of aliphatic hydroxyl groups excluding tert-OH is 1. The zero-order valence-electron chi connectivity index (χ0n) is 12.0. The third-order valence-electron chi connectivity index (χ3n) is 3.28. The molecule has 2 aromatic rings. The molecule has 2 nitrogen and oxygen atoms in total. The van der Waals surface area contributed by atoms with Crippen molar-refractivity contribution in [2.45, 2.75) is 33.3 Å². The molecule has 0 saturated carbocycles. The van der Waals surface area contributed by atoms with Crippen LogP contribution in [-0.4, -0.2) is 5.11 Å². The van der Waals surface area contributed by atoms with Crippen LogP contribution >= 0.6 is 11.6 Å². The third-order valence-corrected chi connectivity index (χ3v) is 3.57. The molecule has 0 spiro atoms. The van der Waals surface area contributed by atoms with Crippen molar-refractivity contribution in [1.82, 2.24) is 0 Å². The number of hydrogen-bond acceptors (Lipinski definition) is 2. The van der Waals surface area contributed by atoms with E-state index in [9.17, 15) is 0 Å². The van der Waals surface area contributed by atoms with E-state index in [1.54, 1.807) is 12.1 Å². The Hall–Kier alpha value is -1.51. The van der Waals surface area contributed by atoms with Gasteiger partial charge in [-0.1, -0.05) is 43.6 Å². The first-order chi connectivity index (χ1) is 9.51. The molecular weight excluding hydrogens is 272 g/mol. The highest BCUT2D eigenvalue weighted by molar-refractivity contribution is 6.32. The summed E-state index contributed by atoms with van der Waals surface area (Å²) in [4.78, 5) is 0. The number of halogens is 1. The predicted molar refractivity (Wildman–Crippen MR) is 82.7 cm³/mol. The number of hydrogen-bond donors (Lipinski definition) is 1. The van der Waals surface area contributed by atoms with Crippen LogP contribution in [0.4, 0.5) is 0 Å². The highest BCUT2D eigenvalue weighted by Crippen LogP contribution is 2.33. The fraction of sp³-hybridized carbons (Fsp3) is 0.294. The second-order valence-electron chi connectivity index (χ2n) is 5.20. The quantitative estimate of drug-likeness (QED) is 0.853. The van der Waals surface area contributed by atoms with Crippen LogP contribution in [0.5, 0.6) is 11.5 Å². The molecule has 0 aliphatic rings. The maximum atomic E-state index is 9.08. The first-order valence-electron chi connectivity index (χ1n) is 6.69. The third kappa shape index (κ3) is 3.33. The molecule has 2 rings (SSSR count). The molecule has 1 N–H and O–H groups in total. The van der Waals surface area contributed by atoms with Gasteiger partial charge in [-0.3, -0.25) is 0 Å². The number of benzene rings is 2. The van der Waals surface area contributed by atoms with Crippen molar-refractivity contribution in [2.24, 2.45) is 0 Å². The molecule has 0 aromatic heterocycles. The van der Waals surface area contributed by atoms with Gasteiger partial charge < -0.3 is 9.84 Å². The minimum absolute atomic E-state index is 0.0259. The lowest BCUT2D eigenvalue weighted by Crippen LogP contribution is -1.93. The molecule has 0 atom stereocenters. The van der Waals surface area contributed by atoms with Crippen LogP contribution in [0.25, 0.3) is 0 Å². The Morgan fingerprint density at radius 2 is 1.85 bits per heavy atom. The fourth-order valence-corrected chi connectivity index (χ4v) is 2.17. The lowest BCUT2D eigenvalue weighted by molar-refractivity contribution is 0.281. The summed E-state index contributed by atoms with van der Waals surface area (Å²) in [5, 5.41) is 9.59. The summed E-state index contributed by atoms with van der Waals surface area (Å²) in [5.74, 6) is 1.87. The number of rotatable bonds is 4. The first kappa shape index (κ1) is 14.9. The molecule has 20 heavy (non-hydrogen) atoms. The van der Waals surface area contributed by atoms with E-state index in [4.69, 9.17) is 21.4 Å². The molecule has 0 aliphatic heterocycles. The monoisotopic (exact) mass is 290 g/mol. The van der Waals surface area contributed by atoms with Crippen LogP contribution in [0, 0.1) is 6.92 Å². The normalized spacial score (nSPS) is 10.9. The number of aryl methyl sites for hydroxylation is 1. The number of ether oxygens (including phenoxy) is 1. The van der Waals surface area contributed by atoms with Gasteiger partial charge in [-0.25, -0.2) is 0 Å². The largest absolute Gasteiger partial charge is 0.456 e. The van der Waals surface area contributed by atoms with E-state index >= 15 is 0 Å². The van der Waals surface area contributed by atoms with Gasteiger partial charge in [0.25, 0.3) is 0 Å². The van der Waals surface area contributed by atoms with Crippen LogP contribution in [-0.2, 0) is 6.61 Å². The van der Waals surface area contributed by atoms with Crippen molar-refractivity contribution in [3.8, 4) is 11.5 Å². The zero-order valence-corrected chi connectivity index (χ0v) is 12.7. The van der Waals surface area contributed by atoms with Crippen LogP contribution < -0.4 is 4.74 Å². The Kier molecular flexibility index (Phi) is 4.69. The van der Waals surface area contributed by atoms with Crippen molar-refractivity contribution >= 4 is 11.6 Å². The van der Waals surface area contributed by atoms with Crippen molar-refractivity contribution in [1.29, 1.82) is 0 Å². The van der Waals surface area contributed by atoms with Gasteiger partial charge in [0.2, 0.25) is 0 Å². The molecule has 0 heterocycles. The van der Waals surface area contributed by atoms with Crippen LogP contribution in [0.15, 0.2) is 36.4 Å². The molecule has 2 aromatic carbocycles. The average molecular weight is 291 g/mol. The topological polar surface area (TPSA) is 29.5 Å². The molecule has 0 fully saturated rings. The molecule has 0 saturated heterocycles. The average Bonchev–Trinajstić information content (AvgIpc) is 2.42. The van der Waals surface area contributed by atoms with E-state index in [2.05, 4.69) is 32.0 Å². The summed E-state index contributed by atoms with van der Waals surface area (Å²) < 4.78 is 5.92. The van der Waals surface area contributed by atoms with Crippen LogP contribution in [0.1, 0.15) is 36.5 Å². The Labute approximate surface area is 125 Å². The summed E-state index contributed by atoms with van der Waals surface area (Å²) >= 11 is 6.18. The highest BCUT2D eigenvalue weighted by atomic mass is 35.5. The van der Waals surface area contributed by atoms with E-state index in [1.165, 1.54) is 5.56 Å².